The molecule has 0 bridgehead atoms. The molecule has 4 heteroatoms. The molecule has 25 heavy (non-hydrogen) atoms. The zero-order chi connectivity index (χ0) is 17.1. The summed E-state index contributed by atoms with van der Waals surface area (Å²) in [6.45, 7) is 3.81. The standard InChI is InChI=1S/C21H25N3O/c25-21(18-5-3-12-22-14-18)23-19-9-7-16(8-10-19)15-24-13-11-17-4-1-2-6-20(17)24/h1-2,4,6-10,18,22H,3,5,11-15H2,(H,23,25). The molecule has 1 fully saturated rings. The fraction of sp³-hybridized carbons (Fsp3) is 0.381. The first kappa shape index (κ1) is 16.2. The van der Waals surface area contributed by atoms with E-state index in [4.69, 9.17) is 0 Å². The Kier molecular flexibility index (Phi) is 4.70. The van der Waals surface area contributed by atoms with Gasteiger partial charge in [-0.15, -0.1) is 0 Å². The average Bonchev–Trinajstić information content (AvgIpc) is 3.07. The lowest BCUT2D eigenvalue weighted by Gasteiger charge is -2.22. The van der Waals surface area contributed by atoms with E-state index >= 15 is 0 Å². The molecule has 2 aromatic carbocycles. The number of amides is 1. The molecule has 0 aromatic heterocycles. The second-order valence-electron chi connectivity index (χ2n) is 7.03. The van der Waals surface area contributed by atoms with Gasteiger partial charge in [-0.05, 0) is 55.1 Å². The highest BCUT2D eigenvalue weighted by Crippen LogP contribution is 2.29. The van der Waals surface area contributed by atoms with Gasteiger partial charge in [-0.2, -0.15) is 0 Å². The van der Waals surface area contributed by atoms with Crippen LogP contribution in [0.5, 0.6) is 0 Å². The van der Waals surface area contributed by atoms with Crippen molar-refractivity contribution in [2.45, 2.75) is 25.8 Å². The first-order valence-electron chi connectivity index (χ1n) is 9.23. The Balaban J connectivity index is 1.37. The smallest absolute Gasteiger partial charge is 0.228 e. The molecule has 2 N–H and O–H groups in total. The van der Waals surface area contributed by atoms with Crippen molar-refractivity contribution in [1.29, 1.82) is 0 Å². The lowest BCUT2D eigenvalue weighted by Crippen LogP contribution is -2.37. The molecule has 0 radical (unpaired) electrons. The van der Waals surface area contributed by atoms with Crippen LogP contribution in [0.25, 0.3) is 0 Å². The first-order valence-corrected chi connectivity index (χ1v) is 9.23. The van der Waals surface area contributed by atoms with E-state index in [1.54, 1.807) is 0 Å². The van der Waals surface area contributed by atoms with Crippen LogP contribution in [-0.4, -0.2) is 25.5 Å². The number of fused-ring (bicyclic) bond motifs is 1. The van der Waals surface area contributed by atoms with E-state index in [2.05, 4.69) is 51.9 Å². The number of hydrogen-bond donors (Lipinski definition) is 2. The summed E-state index contributed by atoms with van der Waals surface area (Å²) in [4.78, 5) is 14.7. The molecule has 1 atom stereocenters. The molecule has 130 valence electrons. The molecule has 0 saturated carbocycles. The van der Waals surface area contributed by atoms with Crippen LogP contribution in [0.1, 0.15) is 24.0 Å². The van der Waals surface area contributed by atoms with Crippen LogP contribution in [0.4, 0.5) is 11.4 Å². The lowest BCUT2D eigenvalue weighted by molar-refractivity contribution is -0.120. The molecule has 0 aliphatic carbocycles. The molecule has 1 unspecified atom stereocenters. The minimum Gasteiger partial charge on any atom is -0.367 e. The Morgan fingerprint density at radius 3 is 2.80 bits per heavy atom. The fourth-order valence-corrected chi connectivity index (χ4v) is 3.80. The van der Waals surface area contributed by atoms with Crippen molar-refractivity contribution in [2.75, 3.05) is 29.9 Å². The van der Waals surface area contributed by atoms with Crippen molar-refractivity contribution in [3.05, 3.63) is 59.7 Å². The van der Waals surface area contributed by atoms with Crippen LogP contribution in [0.15, 0.2) is 48.5 Å². The van der Waals surface area contributed by atoms with Gasteiger partial charge < -0.3 is 15.5 Å². The molecule has 2 aliphatic rings. The predicted molar refractivity (Wildman–Crippen MR) is 102 cm³/mol. The highest BCUT2D eigenvalue weighted by Gasteiger charge is 2.21. The number of nitrogens with one attached hydrogen (secondary N) is 2. The van der Waals surface area contributed by atoms with Gasteiger partial charge in [-0.1, -0.05) is 30.3 Å². The number of carbonyl (C=O) groups is 1. The molecule has 4 nitrogen and oxygen atoms in total. The van der Waals surface area contributed by atoms with Gasteiger partial charge in [0.15, 0.2) is 0 Å². The lowest BCUT2D eigenvalue weighted by atomic mass is 9.99. The van der Waals surface area contributed by atoms with Gasteiger partial charge in [0.25, 0.3) is 0 Å². The van der Waals surface area contributed by atoms with Gasteiger partial charge in [0, 0.05) is 31.0 Å². The van der Waals surface area contributed by atoms with E-state index in [-0.39, 0.29) is 11.8 Å². The van der Waals surface area contributed by atoms with E-state index in [0.717, 1.165) is 51.1 Å². The Morgan fingerprint density at radius 1 is 1.16 bits per heavy atom. The first-order chi connectivity index (χ1) is 12.3. The number of benzene rings is 2. The van der Waals surface area contributed by atoms with Crippen molar-refractivity contribution in [3.63, 3.8) is 0 Å². The third-order valence-corrected chi connectivity index (χ3v) is 5.25. The van der Waals surface area contributed by atoms with Gasteiger partial charge in [-0.25, -0.2) is 0 Å². The summed E-state index contributed by atoms with van der Waals surface area (Å²) in [6, 6.07) is 16.9. The maximum atomic E-state index is 12.3. The Labute approximate surface area is 149 Å². The van der Waals surface area contributed by atoms with Crippen LogP contribution in [0.2, 0.25) is 0 Å². The number of nitrogens with zero attached hydrogens (tertiary/aromatic N) is 1. The van der Waals surface area contributed by atoms with Gasteiger partial charge in [0.05, 0.1) is 5.92 Å². The van der Waals surface area contributed by atoms with Crippen molar-refractivity contribution < 1.29 is 4.79 Å². The second kappa shape index (κ2) is 7.28. The van der Waals surface area contributed by atoms with E-state index in [1.165, 1.54) is 16.8 Å². The number of carbonyl (C=O) groups excluding carboxylic acids is 1. The van der Waals surface area contributed by atoms with E-state index < -0.39 is 0 Å². The van der Waals surface area contributed by atoms with Crippen LogP contribution in [0.3, 0.4) is 0 Å². The summed E-state index contributed by atoms with van der Waals surface area (Å²) in [5.41, 5.74) is 4.95. The maximum Gasteiger partial charge on any atom is 0.228 e. The zero-order valence-electron chi connectivity index (χ0n) is 14.5. The van der Waals surface area contributed by atoms with Crippen molar-refractivity contribution in [2.24, 2.45) is 5.92 Å². The monoisotopic (exact) mass is 335 g/mol. The molecule has 2 aliphatic heterocycles. The summed E-state index contributed by atoms with van der Waals surface area (Å²) in [6.07, 6.45) is 3.18. The number of rotatable bonds is 4. The number of anilines is 2. The van der Waals surface area contributed by atoms with E-state index in [1.807, 2.05) is 12.1 Å². The summed E-state index contributed by atoms with van der Waals surface area (Å²) in [7, 11) is 0. The normalized spacial score (nSPS) is 19.5. The van der Waals surface area contributed by atoms with Gasteiger partial charge in [0.2, 0.25) is 5.91 Å². The quantitative estimate of drug-likeness (QED) is 0.902. The summed E-state index contributed by atoms with van der Waals surface area (Å²) >= 11 is 0. The third kappa shape index (κ3) is 3.69. The summed E-state index contributed by atoms with van der Waals surface area (Å²) in [5, 5.41) is 6.35. The van der Waals surface area contributed by atoms with Crippen LogP contribution in [0, 0.1) is 5.92 Å². The van der Waals surface area contributed by atoms with Gasteiger partial charge >= 0.3 is 0 Å². The topological polar surface area (TPSA) is 44.4 Å². The molecule has 4 rings (SSSR count). The molecule has 2 heterocycles. The molecule has 2 aromatic rings. The summed E-state index contributed by atoms with van der Waals surface area (Å²) < 4.78 is 0. The van der Waals surface area contributed by atoms with Crippen molar-refractivity contribution in [3.8, 4) is 0 Å². The SMILES string of the molecule is O=C(Nc1ccc(CN2CCc3ccccc32)cc1)C1CCCNC1. The Bertz CT molecular complexity index is 735. The van der Waals surface area contributed by atoms with Gasteiger partial charge in [-0.3, -0.25) is 4.79 Å². The second-order valence-corrected chi connectivity index (χ2v) is 7.03. The molecule has 1 saturated heterocycles. The molecule has 1 amide bonds. The molecular formula is C21H25N3O. The molecular weight excluding hydrogens is 310 g/mol. The van der Waals surface area contributed by atoms with Gasteiger partial charge in [0.1, 0.15) is 0 Å². The fourth-order valence-electron chi connectivity index (χ4n) is 3.80. The molecule has 0 spiro atoms. The van der Waals surface area contributed by atoms with Crippen LogP contribution in [-0.2, 0) is 17.8 Å². The predicted octanol–water partition coefficient (Wildman–Crippen LogP) is 3.19. The van der Waals surface area contributed by atoms with E-state index in [0.29, 0.717) is 0 Å². The van der Waals surface area contributed by atoms with Crippen molar-refractivity contribution in [1.82, 2.24) is 5.32 Å². The minimum absolute atomic E-state index is 0.0922. The maximum absolute atomic E-state index is 12.3. The average molecular weight is 335 g/mol. The van der Waals surface area contributed by atoms with Crippen LogP contribution < -0.4 is 15.5 Å². The van der Waals surface area contributed by atoms with E-state index in [9.17, 15) is 4.79 Å². The van der Waals surface area contributed by atoms with Crippen molar-refractivity contribution >= 4 is 17.3 Å². The summed E-state index contributed by atoms with van der Waals surface area (Å²) in [5.74, 6) is 0.225. The highest BCUT2D eigenvalue weighted by atomic mass is 16.1. The number of piperidine rings is 1. The number of para-hydroxylation sites is 1. The zero-order valence-corrected chi connectivity index (χ0v) is 14.5. The minimum atomic E-state index is 0.0922. The number of hydrogen-bond acceptors (Lipinski definition) is 3. The Morgan fingerprint density at radius 2 is 2.00 bits per heavy atom. The Hall–Kier alpha value is -2.33. The largest absolute Gasteiger partial charge is 0.367 e. The highest BCUT2D eigenvalue weighted by molar-refractivity contribution is 5.92. The third-order valence-electron chi connectivity index (χ3n) is 5.25. The van der Waals surface area contributed by atoms with Crippen LogP contribution >= 0.6 is 0 Å².